The molecule has 2 N–H and O–H groups in total. The van der Waals surface area contributed by atoms with E-state index in [9.17, 15) is 0 Å². The molecule has 0 radical (unpaired) electrons. The lowest BCUT2D eigenvalue weighted by Gasteiger charge is -2.44. The molecule has 22 heavy (non-hydrogen) atoms. The number of nitrogens with zero attached hydrogens (tertiary/aromatic N) is 1. The monoisotopic (exact) mass is 306 g/mol. The lowest BCUT2D eigenvalue weighted by Crippen LogP contribution is -2.50. The summed E-state index contributed by atoms with van der Waals surface area (Å²) in [5.74, 6) is 2.34. The van der Waals surface area contributed by atoms with Crippen LogP contribution in [0.1, 0.15) is 24.8 Å². The highest BCUT2D eigenvalue weighted by Gasteiger charge is 2.40. The predicted octanol–water partition coefficient (Wildman–Crippen LogP) is 1.82. The third-order valence-corrected chi connectivity index (χ3v) is 4.96. The van der Waals surface area contributed by atoms with Gasteiger partial charge in [0.2, 0.25) is 5.75 Å². The van der Waals surface area contributed by atoms with Gasteiger partial charge in [-0.15, -0.1) is 0 Å². The lowest BCUT2D eigenvalue weighted by molar-refractivity contribution is -0.0157. The molecular weight excluding hydrogens is 280 g/mol. The van der Waals surface area contributed by atoms with E-state index < -0.39 is 0 Å². The first-order valence-corrected chi connectivity index (χ1v) is 8.06. The maximum Gasteiger partial charge on any atom is 0.203 e. The topological polar surface area (TPSA) is 57.0 Å². The van der Waals surface area contributed by atoms with E-state index >= 15 is 0 Å². The van der Waals surface area contributed by atoms with Crippen molar-refractivity contribution in [3.8, 4) is 17.2 Å². The van der Waals surface area contributed by atoms with Crippen molar-refractivity contribution in [3.63, 3.8) is 0 Å². The fourth-order valence-electron chi connectivity index (χ4n) is 3.60. The van der Waals surface area contributed by atoms with E-state index in [4.69, 9.17) is 19.9 Å². The number of piperidine rings is 1. The Bertz CT molecular complexity index is 525. The molecule has 1 spiro atoms. The molecule has 1 fully saturated rings. The van der Waals surface area contributed by atoms with Crippen molar-refractivity contribution in [2.24, 2.45) is 5.73 Å². The van der Waals surface area contributed by atoms with Crippen molar-refractivity contribution in [3.05, 3.63) is 17.7 Å². The van der Waals surface area contributed by atoms with E-state index in [0.717, 1.165) is 69.1 Å². The molecule has 5 heteroatoms. The Labute approximate surface area is 132 Å². The number of aryl methyl sites for hydroxylation is 1. The first-order chi connectivity index (χ1) is 10.7. The Morgan fingerprint density at radius 1 is 1.18 bits per heavy atom. The van der Waals surface area contributed by atoms with E-state index in [1.54, 1.807) is 14.2 Å². The van der Waals surface area contributed by atoms with Gasteiger partial charge in [0.05, 0.1) is 14.2 Å². The van der Waals surface area contributed by atoms with Crippen LogP contribution in [-0.4, -0.2) is 50.9 Å². The van der Waals surface area contributed by atoms with Crippen LogP contribution in [0.2, 0.25) is 0 Å². The van der Waals surface area contributed by atoms with Crippen molar-refractivity contribution in [2.45, 2.75) is 31.3 Å². The minimum absolute atomic E-state index is 0.0578. The van der Waals surface area contributed by atoms with Gasteiger partial charge in [-0.3, -0.25) is 0 Å². The van der Waals surface area contributed by atoms with Crippen LogP contribution >= 0.6 is 0 Å². The van der Waals surface area contributed by atoms with Gasteiger partial charge in [-0.1, -0.05) is 6.07 Å². The Morgan fingerprint density at radius 2 is 1.95 bits per heavy atom. The van der Waals surface area contributed by atoms with Crippen LogP contribution in [0.15, 0.2) is 12.1 Å². The molecule has 3 rings (SSSR count). The van der Waals surface area contributed by atoms with Gasteiger partial charge in [0, 0.05) is 26.2 Å². The number of benzene rings is 1. The van der Waals surface area contributed by atoms with Crippen molar-refractivity contribution in [1.29, 1.82) is 0 Å². The van der Waals surface area contributed by atoms with Crippen LogP contribution in [0.25, 0.3) is 0 Å². The highest BCUT2D eigenvalue weighted by Crippen LogP contribution is 2.47. The molecular formula is C17H26N2O3. The molecule has 122 valence electrons. The van der Waals surface area contributed by atoms with E-state index in [0.29, 0.717) is 0 Å². The molecule has 0 atom stereocenters. The maximum absolute atomic E-state index is 6.49. The smallest absolute Gasteiger partial charge is 0.203 e. The second-order valence-electron chi connectivity index (χ2n) is 6.20. The van der Waals surface area contributed by atoms with Gasteiger partial charge in [0.1, 0.15) is 5.60 Å². The Morgan fingerprint density at radius 3 is 2.59 bits per heavy atom. The first kappa shape index (κ1) is 15.4. The summed E-state index contributed by atoms with van der Waals surface area (Å²) in [7, 11) is 3.33. The van der Waals surface area contributed by atoms with Crippen LogP contribution in [0, 0.1) is 0 Å². The van der Waals surface area contributed by atoms with Gasteiger partial charge in [0.25, 0.3) is 0 Å². The van der Waals surface area contributed by atoms with Crippen LogP contribution < -0.4 is 19.9 Å². The summed E-state index contributed by atoms with van der Waals surface area (Å²) in [5, 5.41) is 0. The number of likely N-dealkylation sites (tertiary alicyclic amines) is 1. The molecule has 5 nitrogen and oxygen atoms in total. The molecule has 0 unspecified atom stereocenters. The molecule has 1 saturated heterocycles. The van der Waals surface area contributed by atoms with Crippen molar-refractivity contribution >= 4 is 0 Å². The molecule has 0 bridgehead atoms. The number of hydrogen-bond acceptors (Lipinski definition) is 5. The SMILES string of the molecule is COc1ccc2c(c1OC)OC1(CC2)CCN(CCN)CC1. The van der Waals surface area contributed by atoms with Crippen LogP contribution in [-0.2, 0) is 6.42 Å². The second-order valence-corrected chi connectivity index (χ2v) is 6.20. The molecule has 2 aliphatic heterocycles. The molecule has 1 aromatic rings. The number of methoxy groups -OCH3 is 2. The second kappa shape index (κ2) is 6.34. The number of rotatable bonds is 4. The Kier molecular flexibility index (Phi) is 4.45. The van der Waals surface area contributed by atoms with Crippen LogP contribution in [0.3, 0.4) is 0 Å². The maximum atomic E-state index is 6.49. The average molecular weight is 306 g/mol. The summed E-state index contributed by atoms with van der Waals surface area (Å²) >= 11 is 0. The van der Waals surface area contributed by atoms with E-state index in [1.165, 1.54) is 5.56 Å². The quantitative estimate of drug-likeness (QED) is 0.919. The minimum Gasteiger partial charge on any atom is -0.493 e. The highest BCUT2D eigenvalue weighted by molar-refractivity contribution is 5.56. The average Bonchev–Trinajstić information content (AvgIpc) is 2.56. The van der Waals surface area contributed by atoms with Crippen LogP contribution in [0.4, 0.5) is 0 Å². The molecule has 0 saturated carbocycles. The molecule has 0 amide bonds. The lowest BCUT2D eigenvalue weighted by atomic mass is 9.83. The number of hydrogen-bond donors (Lipinski definition) is 1. The molecule has 2 aliphatic rings. The third kappa shape index (κ3) is 2.75. The molecule has 0 aromatic heterocycles. The fourth-order valence-corrected chi connectivity index (χ4v) is 3.60. The first-order valence-electron chi connectivity index (χ1n) is 8.06. The van der Waals surface area contributed by atoms with Gasteiger partial charge >= 0.3 is 0 Å². The summed E-state index contributed by atoms with van der Waals surface area (Å²) < 4.78 is 17.4. The van der Waals surface area contributed by atoms with Gasteiger partial charge in [-0.05, 0) is 37.3 Å². The van der Waals surface area contributed by atoms with E-state index in [1.807, 2.05) is 6.07 Å². The Hall–Kier alpha value is -1.46. The number of ether oxygens (including phenoxy) is 3. The number of nitrogens with two attached hydrogens (primary N) is 1. The zero-order chi connectivity index (χ0) is 15.6. The standard InChI is InChI=1S/C17H26N2O3/c1-20-14-4-3-13-5-6-17(22-15(13)16(14)21-2)7-10-19(11-8-17)12-9-18/h3-4H,5-12,18H2,1-2H3. The summed E-state index contributed by atoms with van der Waals surface area (Å²) in [4.78, 5) is 2.42. The van der Waals surface area contributed by atoms with Gasteiger partial charge in [0.15, 0.2) is 11.5 Å². The summed E-state index contributed by atoms with van der Waals surface area (Å²) in [6.45, 7) is 3.81. The largest absolute Gasteiger partial charge is 0.493 e. The zero-order valence-electron chi connectivity index (χ0n) is 13.6. The van der Waals surface area contributed by atoms with Gasteiger partial charge < -0.3 is 24.8 Å². The van der Waals surface area contributed by atoms with E-state index in [2.05, 4.69) is 11.0 Å². The number of fused-ring (bicyclic) bond motifs is 1. The fraction of sp³-hybridized carbons (Fsp3) is 0.647. The summed E-state index contributed by atoms with van der Waals surface area (Å²) in [5.41, 5.74) is 6.82. The Balaban J connectivity index is 1.81. The zero-order valence-corrected chi connectivity index (χ0v) is 13.6. The minimum atomic E-state index is -0.0578. The third-order valence-electron chi connectivity index (χ3n) is 4.96. The van der Waals surface area contributed by atoms with Gasteiger partial charge in [-0.2, -0.15) is 0 Å². The van der Waals surface area contributed by atoms with Crippen LogP contribution in [0.5, 0.6) is 17.2 Å². The summed E-state index contributed by atoms with van der Waals surface area (Å²) in [6, 6.07) is 4.05. The highest BCUT2D eigenvalue weighted by atomic mass is 16.5. The van der Waals surface area contributed by atoms with Crippen molar-refractivity contribution in [2.75, 3.05) is 40.4 Å². The van der Waals surface area contributed by atoms with E-state index in [-0.39, 0.29) is 5.60 Å². The van der Waals surface area contributed by atoms with Crippen molar-refractivity contribution in [1.82, 2.24) is 4.90 Å². The van der Waals surface area contributed by atoms with Crippen molar-refractivity contribution < 1.29 is 14.2 Å². The molecule has 1 aromatic carbocycles. The normalized spacial score (nSPS) is 20.3. The summed E-state index contributed by atoms with van der Waals surface area (Å²) in [6.07, 6.45) is 4.21. The molecule has 0 aliphatic carbocycles. The molecule has 2 heterocycles. The predicted molar refractivity (Wildman–Crippen MR) is 86.0 cm³/mol. The van der Waals surface area contributed by atoms with Gasteiger partial charge in [-0.25, -0.2) is 0 Å².